The maximum atomic E-state index is 11.6. The molecule has 0 radical (unpaired) electrons. The minimum atomic E-state index is -0.0857. The lowest BCUT2D eigenvalue weighted by Crippen LogP contribution is -2.18. The Bertz CT molecular complexity index is 518. The molecule has 0 aliphatic carbocycles. The second kappa shape index (κ2) is 4.63. The molecule has 0 N–H and O–H groups in total. The summed E-state index contributed by atoms with van der Waals surface area (Å²) in [4.78, 5) is 15.6. The highest BCUT2D eigenvalue weighted by atomic mass is 16.1. The Hall–Kier alpha value is -1.78. The van der Waals surface area contributed by atoms with E-state index >= 15 is 0 Å². The molecule has 5 heteroatoms. The number of fused-ring (bicyclic) bond motifs is 1. The lowest BCUT2D eigenvalue weighted by atomic mass is 10.2. The van der Waals surface area contributed by atoms with Gasteiger partial charge in [0.05, 0.1) is 17.9 Å². The molecule has 0 saturated carbocycles. The number of hydrogen-bond donors (Lipinski definition) is 0. The average Bonchev–Trinajstić information content (AvgIpc) is 2.26. The lowest BCUT2D eigenvalue weighted by molar-refractivity contribution is 0.833. The van der Waals surface area contributed by atoms with E-state index in [2.05, 4.69) is 15.2 Å². The Kier molecular flexibility index (Phi) is 3.49. The quantitative estimate of drug-likeness (QED) is 0.646. The first-order valence-corrected chi connectivity index (χ1v) is 4.84. The summed E-state index contributed by atoms with van der Waals surface area (Å²) in [6.45, 7) is 5.82. The molecule has 2 heterocycles. The zero-order valence-electron chi connectivity index (χ0n) is 9.35. The summed E-state index contributed by atoms with van der Waals surface area (Å²) in [6.07, 6.45) is 3.00. The van der Waals surface area contributed by atoms with Crippen LogP contribution in [0.2, 0.25) is 0 Å². The lowest BCUT2D eigenvalue weighted by Gasteiger charge is -2.00. The van der Waals surface area contributed by atoms with Gasteiger partial charge in [0.2, 0.25) is 0 Å². The number of aryl methyl sites for hydroxylation is 2. The highest BCUT2D eigenvalue weighted by molar-refractivity contribution is 5.75. The maximum absolute atomic E-state index is 11.6. The molecule has 2 rings (SSSR count). The van der Waals surface area contributed by atoms with Crippen molar-refractivity contribution in [2.24, 2.45) is 7.05 Å². The smallest absolute Gasteiger partial charge is 0.262 e. The molecule has 0 atom stereocenters. The topological polar surface area (TPSA) is 60.7 Å². The normalized spacial score (nSPS) is 9.60. The van der Waals surface area contributed by atoms with Gasteiger partial charge in [0, 0.05) is 7.05 Å². The van der Waals surface area contributed by atoms with Crippen LogP contribution in [0.4, 0.5) is 0 Å². The van der Waals surface area contributed by atoms with Crippen molar-refractivity contribution in [2.45, 2.75) is 20.8 Å². The molecule has 0 aromatic carbocycles. The van der Waals surface area contributed by atoms with Gasteiger partial charge in [-0.15, -0.1) is 5.10 Å². The van der Waals surface area contributed by atoms with Crippen LogP contribution < -0.4 is 5.56 Å². The van der Waals surface area contributed by atoms with Gasteiger partial charge in [-0.05, 0) is 12.5 Å². The zero-order chi connectivity index (χ0) is 11.4. The van der Waals surface area contributed by atoms with Crippen molar-refractivity contribution >= 4 is 11.0 Å². The Morgan fingerprint density at radius 1 is 1.33 bits per heavy atom. The molecule has 80 valence electrons. The summed E-state index contributed by atoms with van der Waals surface area (Å²) in [5.41, 5.74) is 1.12. The summed E-state index contributed by atoms with van der Waals surface area (Å²) >= 11 is 0. The molecule has 0 bridgehead atoms. The van der Waals surface area contributed by atoms with Crippen molar-refractivity contribution in [2.75, 3.05) is 0 Å². The van der Waals surface area contributed by atoms with Crippen molar-refractivity contribution in [1.29, 1.82) is 0 Å². The number of aromatic nitrogens is 4. The third-order valence-corrected chi connectivity index (χ3v) is 1.91. The van der Waals surface area contributed by atoms with Gasteiger partial charge >= 0.3 is 0 Å². The van der Waals surface area contributed by atoms with E-state index in [1.54, 1.807) is 13.2 Å². The zero-order valence-corrected chi connectivity index (χ0v) is 9.35. The standard InChI is InChI=1S/C8H8N4O.C2H6/c1-5-3-10-11-7-6(5)8(13)12(2)4-9-7;1-2/h3-4H,1-2H3;1-2H3. The predicted molar refractivity (Wildman–Crippen MR) is 58.7 cm³/mol. The van der Waals surface area contributed by atoms with E-state index in [-0.39, 0.29) is 5.56 Å². The third kappa shape index (κ3) is 2.01. The molecule has 0 saturated heterocycles. The Morgan fingerprint density at radius 3 is 2.67 bits per heavy atom. The molecule has 0 aliphatic heterocycles. The van der Waals surface area contributed by atoms with Crippen LogP contribution >= 0.6 is 0 Å². The molecule has 0 fully saturated rings. The van der Waals surface area contributed by atoms with Crippen molar-refractivity contribution in [3.63, 3.8) is 0 Å². The van der Waals surface area contributed by atoms with Gasteiger partial charge in [-0.2, -0.15) is 5.10 Å². The van der Waals surface area contributed by atoms with Crippen LogP contribution in [0.1, 0.15) is 19.4 Å². The number of nitrogens with zero attached hydrogens (tertiary/aromatic N) is 4. The molecular weight excluding hydrogens is 192 g/mol. The minimum Gasteiger partial charge on any atom is -0.302 e. The van der Waals surface area contributed by atoms with Crippen LogP contribution in [0.5, 0.6) is 0 Å². The van der Waals surface area contributed by atoms with Gasteiger partial charge in [0.15, 0.2) is 5.65 Å². The first-order valence-electron chi connectivity index (χ1n) is 4.84. The van der Waals surface area contributed by atoms with E-state index in [1.165, 1.54) is 10.9 Å². The second-order valence-electron chi connectivity index (χ2n) is 2.89. The molecule has 15 heavy (non-hydrogen) atoms. The largest absolute Gasteiger partial charge is 0.302 e. The number of hydrogen-bond acceptors (Lipinski definition) is 4. The van der Waals surface area contributed by atoms with E-state index in [9.17, 15) is 4.79 Å². The minimum absolute atomic E-state index is 0.0857. The SMILES string of the molecule is CC.Cc1cnnc2ncn(C)c(=O)c12. The first kappa shape index (κ1) is 11.3. The summed E-state index contributed by atoms with van der Waals surface area (Å²) < 4.78 is 1.43. The summed E-state index contributed by atoms with van der Waals surface area (Å²) in [5.74, 6) is 0. The Labute approximate surface area is 87.8 Å². The molecule has 2 aromatic rings. The van der Waals surface area contributed by atoms with E-state index in [0.717, 1.165) is 5.56 Å². The molecule has 0 amide bonds. The molecule has 0 aliphatic rings. The fourth-order valence-electron chi connectivity index (χ4n) is 1.19. The molecule has 2 aromatic heterocycles. The summed E-state index contributed by atoms with van der Waals surface area (Å²) in [7, 11) is 1.66. The van der Waals surface area contributed by atoms with Crippen molar-refractivity contribution in [3.05, 3.63) is 28.4 Å². The number of rotatable bonds is 0. The Balaban J connectivity index is 0.000000531. The highest BCUT2D eigenvalue weighted by Gasteiger charge is 2.05. The monoisotopic (exact) mass is 206 g/mol. The Morgan fingerprint density at radius 2 is 2.00 bits per heavy atom. The van der Waals surface area contributed by atoms with Crippen LogP contribution in [-0.4, -0.2) is 19.7 Å². The summed E-state index contributed by atoms with van der Waals surface area (Å²) in [6, 6.07) is 0. The van der Waals surface area contributed by atoms with Gasteiger partial charge in [0.1, 0.15) is 0 Å². The second-order valence-corrected chi connectivity index (χ2v) is 2.89. The maximum Gasteiger partial charge on any atom is 0.262 e. The van der Waals surface area contributed by atoms with E-state index in [0.29, 0.717) is 11.0 Å². The van der Waals surface area contributed by atoms with Gasteiger partial charge in [0.25, 0.3) is 5.56 Å². The molecular formula is C10H14N4O. The van der Waals surface area contributed by atoms with Crippen LogP contribution in [0.25, 0.3) is 11.0 Å². The van der Waals surface area contributed by atoms with Gasteiger partial charge in [-0.25, -0.2) is 4.98 Å². The highest BCUT2D eigenvalue weighted by Crippen LogP contribution is 2.05. The summed E-state index contributed by atoms with van der Waals surface area (Å²) in [5, 5.41) is 8.03. The fraction of sp³-hybridized carbons (Fsp3) is 0.400. The molecule has 0 spiro atoms. The average molecular weight is 206 g/mol. The first-order chi connectivity index (χ1) is 7.20. The molecule has 5 nitrogen and oxygen atoms in total. The van der Waals surface area contributed by atoms with Crippen molar-refractivity contribution in [3.8, 4) is 0 Å². The van der Waals surface area contributed by atoms with Crippen LogP contribution in [0.3, 0.4) is 0 Å². The van der Waals surface area contributed by atoms with E-state index in [4.69, 9.17) is 0 Å². The van der Waals surface area contributed by atoms with Gasteiger partial charge in [-0.1, -0.05) is 13.8 Å². The van der Waals surface area contributed by atoms with E-state index in [1.807, 2.05) is 20.8 Å². The molecule has 0 unspecified atom stereocenters. The van der Waals surface area contributed by atoms with Crippen molar-refractivity contribution in [1.82, 2.24) is 19.7 Å². The van der Waals surface area contributed by atoms with Crippen LogP contribution in [-0.2, 0) is 7.05 Å². The van der Waals surface area contributed by atoms with Gasteiger partial charge < -0.3 is 4.57 Å². The van der Waals surface area contributed by atoms with E-state index < -0.39 is 0 Å². The predicted octanol–water partition coefficient (Wildman–Crippen LogP) is 1.06. The van der Waals surface area contributed by atoms with Gasteiger partial charge in [-0.3, -0.25) is 4.79 Å². The fourth-order valence-corrected chi connectivity index (χ4v) is 1.19. The van der Waals surface area contributed by atoms with Crippen LogP contribution in [0.15, 0.2) is 17.3 Å². The van der Waals surface area contributed by atoms with Crippen molar-refractivity contribution < 1.29 is 0 Å². The van der Waals surface area contributed by atoms with Crippen LogP contribution in [0, 0.1) is 6.92 Å². The third-order valence-electron chi connectivity index (χ3n) is 1.91.